The second-order valence-electron chi connectivity index (χ2n) is 17.6. The fourth-order valence-electron chi connectivity index (χ4n) is 11.1. The summed E-state index contributed by atoms with van der Waals surface area (Å²) in [6.45, 7) is 0.436. The van der Waals surface area contributed by atoms with E-state index in [1.54, 1.807) is 29.9 Å². The molecule has 4 aliphatic rings. The van der Waals surface area contributed by atoms with E-state index in [2.05, 4.69) is 32.4 Å². The molecule has 5 heterocycles. The van der Waals surface area contributed by atoms with Crippen LogP contribution >= 0.6 is 0 Å². The van der Waals surface area contributed by atoms with Gasteiger partial charge < -0.3 is 34.3 Å². The third-order valence-electron chi connectivity index (χ3n) is 14.0. The van der Waals surface area contributed by atoms with Crippen molar-refractivity contribution in [2.75, 3.05) is 39.3 Å². The number of para-hydroxylation sites is 2. The molecule has 2 fully saturated rings. The molecule has 1 spiro atoms. The summed E-state index contributed by atoms with van der Waals surface area (Å²) in [5, 5.41) is 21.9. The van der Waals surface area contributed by atoms with Crippen LogP contribution in [-0.2, 0) is 44.0 Å². The maximum absolute atomic E-state index is 16.3. The van der Waals surface area contributed by atoms with Gasteiger partial charge in [0.2, 0.25) is 11.8 Å². The minimum atomic E-state index is -1.79. The molecule has 0 unspecified atom stereocenters. The molecule has 0 radical (unpaired) electrons. The average Bonchev–Trinajstić information content (AvgIpc) is 4.05. The number of cyclic esters (lactones) is 1. The second kappa shape index (κ2) is 17.9. The van der Waals surface area contributed by atoms with Crippen LogP contribution in [0.5, 0.6) is 17.2 Å². The van der Waals surface area contributed by atoms with Crippen molar-refractivity contribution in [3.05, 3.63) is 178 Å². The van der Waals surface area contributed by atoms with Crippen molar-refractivity contribution in [2.24, 2.45) is 5.92 Å². The van der Waals surface area contributed by atoms with Gasteiger partial charge in [0.1, 0.15) is 42.0 Å². The number of carbonyl (C=O) groups excluding carboxylic acids is 3. The molecule has 11 rings (SSSR count). The lowest BCUT2D eigenvalue weighted by Crippen LogP contribution is -2.56. The van der Waals surface area contributed by atoms with Crippen LogP contribution in [0.2, 0.25) is 0 Å². The minimum absolute atomic E-state index is 0.0374. The van der Waals surface area contributed by atoms with E-state index in [9.17, 15) is 5.11 Å². The number of morpholine rings is 1. The van der Waals surface area contributed by atoms with E-state index in [1.807, 2.05) is 133 Å². The Labute approximate surface area is 398 Å². The number of hydrogen-bond donors (Lipinski definition) is 2. The van der Waals surface area contributed by atoms with Gasteiger partial charge in [-0.1, -0.05) is 108 Å². The van der Waals surface area contributed by atoms with Crippen molar-refractivity contribution in [3.63, 3.8) is 0 Å². The number of aliphatic hydroxyl groups is 1. The minimum Gasteiger partial charge on any atom is -0.493 e. The predicted molar refractivity (Wildman–Crippen MR) is 255 cm³/mol. The van der Waals surface area contributed by atoms with Crippen LogP contribution in [0.25, 0.3) is 11.0 Å². The van der Waals surface area contributed by atoms with E-state index in [0.717, 1.165) is 33.3 Å². The number of esters is 1. The van der Waals surface area contributed by atoms with Gasteiger partial charge in [0.05, 0.1) is 44.3 Å². The van der Waals surface area contributed by atoms with Gasteiger partial charge in [0, 0.05) is 29.9 Å². The van der Waals surface area contributed by atoms with Gasteiger partial charge in [-0.3, -0.25) is 19.3 Å². The summed E-state index contributed by atoms with van der Waals surface area (Å²) in [4.78, 5) is 51.5. The number of aliphatic hydroxyl groups excluding tert-OH is 1. The first-order valence-electron chi connectivity index (χ1n) is 23.0. The van der Waals surface area contributed by atoms with Gasteiger partial charge in [0.25, 0.3) is 0 Å². The summed E-state index contributed by atoms with van der Waals surface area (Å²) in [7, 11) is 3.16. The molecule has 0 bridgehead atoms. The third-order valence-corrected chi connectivity index (χ3v) is 14.0. The molecule has 7 aromatic rings. The van der Waals surface area contributed by atoms with Crippen LogP contribution in [0.15, 0.2) is 140 Å². The van der Waals surface area contributed by atoms with Crippen molar-refractivity contribution in [1.29, 1.82) is 0 Å². The molecule has 6 atom stereocenters. The Kier molecular flexibility index (Phi) is 11.3. The lowest BCUT2D eigenvalue weighted by Gasteiger charge is -2.46. The Morgan fingerprint density at radius 2 is 1.54 bits per heavy atom. The highest BCUT2D eigenvalue weighted by Gasteiger charge is 2.74. The quantitative estimate of drug-likeness (QED) is 0.111. The predicted octanol–water partition coefficient (Wildman–Crippen LogP) is 6.73. The van der Waals surface area contributed by atoms with E-state index < -0.39 is 47.4 Å². The topological polar surface area (TPSA) is 158 Å². The molecule has 2 saturated heterocycles. The van der Waals surface area contributed by atoms with Crippen LogP contribution in [0, 0.1) is 17.8 Å². The molecule has 69 heavy (non-hydrogen) atoms. The van der Waals surface area contributed by atoms with Crippen molar-refractivity contribution >= 4 is 34.5 Å². The van der Waals surface area contributed by atoms with Gasteiger partial charge in [-0.15, -0.1) is 5.10 Å². The number of aromatic nitrogens is 3. The number of ether oxygens (including phenoxy) is 4. The molecule has 2 amide bonds. The van der Waals surface area contributed by atoms with E-state index >= 15 is 14.4 Å². The molecule has 1 aromatic heterocycles. The van der Waals surface area contributed by atoms with Crippen LogP contribution in [0.3, 0.4) is 0 Å². The zero-order valence-corrected chi connectivity index (χ0v) is 37.9. The van der Waals surface area contributed by atoms with Crippen LogP contribution in [-0.4, -0.2) is 87.7 Å². The SMILES string of the molecule is COc1cc2c(cc1OC)CN(C(=O)[C@@H]1[C@H]3C(=O)O[C@H](c4ccccc4)[C@H](c4ccccc4)N3[C@H](c3ccccc3OCCO)[C@@]13C(=O)Nc1ccc(C#CCn4nnc5ccccc54)cc13)CC2. The maximum atomic E-state index is 16.3. The van der Waals surface area contributed by atoms with Crippen LogP contribution in [0.4, 0.5) is 5.69 Å². The molecule has 4 aliphatic heterocycles. The van der Waals surface area contributed by atoms with Crippen molar-refractivity contribution in [1.82, 2.24) is 24.8 Å². The van der Waals surface area contributed by atoms with Gasteiger partial charge in [-0.2, -0.15) is 0 Å². The molecule has 0 aliphatic carbocycles. The largest absolute Gasteiger partial charge is 0.493 e. The first kappa shape index (κ1) is 43.6. The first-order chi connectivity index (χ1) is 33.8. The Balaban J connectivity index is 1.14. The van der Waals surface area contributed by atoms with E-state index in [4.69, 9.17) is 18.9 Å². The summed E-state index contributed by atoms with van der Waals surface area (Å²) in [6, 6.07) is 40.7. The molecular weight excluding hydrogens is 873 g/mol. The van der Waals surface area contributed by atoms with Crippen molar-refractivity contribution < 1.29 is 38.4 Å². The van der Waals surface area contributed by atoms with Gasteiger partial charge >= 0.3 is 5.97 Å². The average molecular weight is 921 g/mol. The molecule has 2 N–H and O–H groups in total. The third kappa shape index (κ3) is 7.24. The van der Waals surface area contributed by atoms with Gasteiger partial charge in [-0.25, -0.2) is 4.68 Å². The number of anilines is 1. The highest BCUT2D eigenvalue weighted by atomic mass is 16.6. The molecular formula is C55H48N6O8. The molecule has 346 valence electrons. The monoisotopic (exact) mass is 920 g/mol. The number of carbonyl (C=O) groups is 3. The lowest BCUT2D eigenvalue weighted by atomic mass is 9.64. The molecule has 6 aromatic carbocycles. The van der Waals surface area contributed by atoms with Gasteiger partial charge in [0.15, 0.2) is 11.5 Å². The summed E-state index contributed by atoms with van der Waals surface area (Å²) < 4.78 is 26.1. The number of nitrogens with zero attached hydrogens (tertiary/aromatic N) is 5. The Morgan fingerprint density at radius 3 is 2.30 bits per heavy atom. The van der Waals surface area contributed by atoms with Gasteiger partial charge in [-0.05, 0) is 82.8 Å². The standard InChI is InChI=1S/C55H48N6O8/c1-66-45-31-37-25-27-59(33-38(37)32-46(45)67-2)52(63)47-49-53(64)69-50(36-17-7-4-8-18-36)48(35-15-5-3-6-16-35)61(49)51(39-19-9-12-22-44(39)68-29-28-62)55(47)40-30-34(23-24-41(40)56-54(55)65)14-13-26-60-43-21-11-10-20-42(43)57-58-60/h3-12,15-24,30-32,47-51,62H,25-29,33H2,1-2H3,(H,56,65)/t47-,48-,49-,50+,51+,55-/m0/s1. The normalized spacial score (nSPS) is 22.5. The number of nitrogens with one attached hydrogen (secondary N) is 1. The highest BCUT2D eigenvalue weighted by Crippen LogP contribution is 2.66. The van der Waals surface area contributed by atoms with Crippen molar-refractivity contribution in [3.8, 4) is 29.1 Å². The molecule has 0 saturated carbocycles. The lowest BCUT2D eigenvalue weighted by molar-refractivity contribution is -0.179. The smallest absolute Gasteiger partial charge is 0.324 e. The second-order valence-corrected chi connectivity index (χ2v) is 17.6. The van der Waals surface area contributed by atoms with E-state index in [1.165, 1.54) is 0 Å². The zero-order chi connectivity index (χ0) is 47.2. The number of amides is 2. The number of rotatable bonds is 10. The fraction of sp³-hybridized carbons (Fsp3) is 0.255. The van der Waals surface area contributed by atoms with Crippen LogP contribution < -0.4 is 19.5 Å². The maximum Gasteiger partial charge on any atom is 0.324 e. The van der Waals surface area contributed by atoms with Crippen molar-refractivity contribution in [2.45, 2.75) is 49.2 Å². The van der Waals surface area contributed by atoms with E-state index in [0.29, 0.717) is 52.6 Å². The van der Waals surface area contributed by atoms with E-state index in [-0.39, 0.29) is 32.2 Å². The number of hydrogen-bond acceptors (Lipinski definition) is 11. The Bertz CT molecular complexity index is 3190. The summed E-state index contributed by atoms with van der Waals surface area (Å²) >= 11 is 0. The number of methoxy groups -OCH3 is 2. The number of benzene rings is 6. The zero-order valence-electron chi connectivity index (χ0n) is 37.9. The summed E-state index contributed by atoms with van der Waals surface area (Å²) in [5.74, 6) is 5.27. The molecule has 14 heteroatoms. The summed E-state index contributed by atoms with van der Waals surface area (Å²) in [6.07, 6.45) is -0.359. The first-order valence-corrected chi connectivity index (χ1v) is 23.0. The Morgan fingerprint density at radius 1 is 0.826 bits per heavy atom. The fourth-order valence-corrected chi connectivity index (χ4v) is 11.1. The van der Waals surface area contributed by atoms with Crippen LogP contribution in [0.1, 0.15) is 57.1 Å². The molecule has 14 nitrogen and oxygen atoms in total. The number of fused-ring (bicyclic) bond motifs is 5. The Hall–Kier alpha value is -7.99. The highest BCUT2D eigenvalue weighted by molar-refractivity contribution is 6.12. The summed E-state index contributed by atoms with van der Waals surface area (Å²) in [5.41, 5.74) is 5.40.